The molecule has 2 aromatic carbocycles. The Labute approximate surface area is 152 Å². The van der Waals surface area contributed by atoms with Gasteiger partial charge < -0.3 is 19.5 Å². The van der Waals surface area contributed by atoms with E-state index >= 15 is 0 Å². The lowest BCUT2D eigenvalue weighted by atomic mass is 10.1. The van der Waals surface area contributed by atoms with Crippen molar-refractivity contribution in [3.8, 4) is 17.2 Å². The molecule has 0 aliphatic heterocycles. The van der Waals surface area contributed by atoms with E-state index in [-0.39, 0.29) is 5.91 Å². The molecule has 25 heavy (non-hydrogen) atoms. The van der Waals surface area contributed by atoms with Gasteiger partial charge in [0.1, 0.15) is 0 Å². The maximum absolute atomic E-state index is 12.4. The van der Waals surface area contributed by atoms with E-state index in [4.69, 9.17) is 25.8 Å². The summed E-state index contributed by atoms with van der Waals surface area (Å²) in [4.78, 5) is 12.4. The Balaban J connectivity index is 1.95. The smallest absolute Gasteiger partial charge is 0.251 e. The molecule has 0 radical (unpaired) electrons. The van der Waals surface area contributed by atoms with Crippen LogP contribution in [0.5, 0.6) is 17.2 Å². The van der Waals surface area contributed by atoms with Crippen molar-refractivity contribution in [1.29, 1.82) is 0 Å². The van der Waals surface area contributed by atoms with Gasteiger partial charge in [-0.2, -0.15) is 0 Å². The van der Waals surface area contributed by atoms with E-state index in [1.807, 2.05) is 24.3 Å². The molecule has 0 aliphatic carbocycles. The van der Waals surface area contributed by atoms with Crippen LogP contribution in [0.25, 0.3) is 0 Å². The fourth-order valence-electron chi connectivity index (χ4n) is 2.46. The minimum atomic E-state index is -0.185. The molecule has 0 saturated carbocycles. The maximum Gasteiger partial charge on any atom is 0.251 e. The predicted octanol–water partition coefficient (Wildman–Crippen LogP) is 3.73. The Hall–Kier alpha value is -2.40. The van der Waals surface area contributed by atoms with Gasteiger partial charge in [0.25, 0.3) is 5.91 Å². The van der Waals surface area contributed by atoms with Gasteiger partial charge in [-0.25, -0.2) is 0 Å². The third kappa shape index (κ3) is 5.03. The zero-order valence-corrected chi connectivity index (χ0v) is 15.4. The molecule has 6 heteroatoms. The Morgan fingerprint density at radius 3 is 2.12 bits per heavy atom. The summed E-state index contributed by atoms with van der Waals surface area (Å²) < 4.78 is 15.8. The zero-order chi connectivity index (χ0) is 18.2. The first-order valence-corrected chi connectivity index (χ1v) is 8.29. The standard InChI is InChI=1S/C19H22ClNO4/c1-23-16-11-14(12-17(24-2)18(16)25-3)19(22)21-10-4-5-13-6-8-15(20)9-7-13/h6-9,11-12H,4-5,10H2,1-3H3,(H,21,22). The first kappa shape index (κ1) is 18.9. The van der Waals surface area contributed by atoms with Crippen LogP contribution in [0.1, 0.15) is 22.3 Å². The molecule has 0 fully saturated rings. The van der Waals surface area contributed by atoms with Crippen LogP contribution in [0, 0.1) is 0 Å². The predicted molar refractivity (Wildman–Crippen MR) is 98.2 cm³/mol. The van der Waals surface area contributed by atoms with Crippen LogP contribution in [0.15, 0.2) is 36.4 Å². The van der Waals surface area contributed by atoms with E-state index in [0.717, 1.165) is 17.9 Å². The Kier molecular flexibility index (Phi) is 6.95. The Morgan fingerprint density at radius 2 is 1.60 bits per heavy atom. The molecule has 0 aromatic heterocycles. The van der Waals surface area contributed by atoms with Crippen molar-refractivity contribution >= 4 is 17.5 Å². The third-order valence-electron chi connectivity index (χ3n) is 3.77. The fourth-order valence-corrected chi connectivity index (χ4v) is 2.59. The highest BCUT2D eigenvalue weighted by atomic mass is 35.5. The highest BCUT2D eigenvalue weighted by molar-refractivity contribution is 6.30. The first-order chi connectivity index (χ1) is 12.1. The largest absolute Gasteiger partial charge is 0.493 e. The summed E-state index contributed by atoms with van der Waals surface area (Å²) in [6, 6.07) is 11.0. The molecule has 0 bridgehead atoms. The Morgan fingerprint density at radius 1 is 1.00 bits per heavy atom. The minimum Gasteiger partial charge on any atom is -0.493 e. The van der Waals surface area contributed by atoms with Gasteiger partial charge in [-0.1, -0.05) is 23.7 Å². The quantitative estimate of drug-likeness (QED) is 0.726. The van der Waals surface area contributed by atoms with Gasteiger partial charge in [-0.05, 0) is 42.7 Å². The van der Waals surface area contributed by atoms with E-state index in [1.54, 1.807) is 12.1 Å². The minimum absolute atomic E-state index is 0.185. The molecule has 0 spiro atoms. The lowest BCUT2D eigenvalue weighted by molar-refractivity contribution is 0.0952. The van der Waals surface area contributed by atoms with Gasteiger partial charge in [-0.3, -0.25) is 4.79 Å². The van der Waals surface area contributed by atoms with Gasteiger partial charge in [0.2, 0.25) is 5.75 Å². The molecule has 5 nitrogen and oxygen atoms in total. The second kappa shape index (κ2) is 9.18. The zero-order valence-electron chi connectivity index (χ0n) is 14.6. The molecule has 0 unspecified atom stereocenters. The van der Waals surface area contributed by atoms with Crippen molar-refractivity contribution in [2.24, 2.45) is 0 Å². The molecule has 2 aromatic rings. The number of methoxy groups -OCH3 is 3. The maximum atomic E-state index is 12.4. The van der Waals surface area contributed by atoms with E-state index in [9.17, 15) is 4.79 Å². The number of hydrogen-bond donors (Lipinski definition) is 1. The highest BCUT2D eigenvalue weighted by Crippen LogP contribution is 2.38. The topological polar surface area (TPSA) is 56.8 Å². The molecule has 0 heterocycles. The van der Waals surface area contributed by atoms with Gasteiger partial charge in [0.05, 0.1) is 21.3 Å². The summed E-state index contributed by atoms with van der Waals surface area (Å²) in [5, 5.41) is 3.63. The molecule has 0 aliphatic rings. The summed E-state index contributed by atoms with van der Waals surface area (Å²) in [5.74, 6) is 1.18. The summed E-state index contributed by atoms with van der Waals surface area (Å²) in [5.41, 5.74) is 1.65. The average molecular weight is 364 g/mol. The molecule has 2 rings (SSSR count). The van der Waals surface area contributed by atoms with E-state index in [1.165, 1.54) is 26.9 Å². The van der Waals surface area contributed by atoms with Crippen LogP contribution in [0.4, 0.5) is 0 Å². The van der Waals surface area contributed by atoms with Crippen molar-refractivity contribution in [2.45, 2.75) is 12.8 Å². The second-order valence-electron chi connectivity index (χ2n) is 5.40. The van der Waals surface area contributed by atoms with E-state index in [2.05, 4.69) is 5.32 Å². The number of rotatable bonds is 8. The summed E-state index contributed by atoms with van der Waals surface area (Å²) in [6.45, 7) is 0.568. The van der Waals surface area contributed by atoms with Gasteiger partial charge >= 0.3 is 0 Å². The normalized spacial score (nSPS) is 10.2. The van der Waals surface area contributed by atoms with E-state index in [0.29, 0.717) is 29.4 Å². The summed E-state index contributed by atoms with van der Waals surface area (Å²) >= 11 is 5.87. The van der Waals surface area contributed by atoms with Crippen molar-refractivity contribution in [1.82, 2.24) is 5.32 Å². The first-order valence-electron chi connectivity index (χ1n) is 7.91. The summed E-state index contributed by atoms with van der Waals surface area (Å²) in [6.07, 6.45) is 1.70. The number of nitrogens with one attached hydrogen (secondary N) is 1. The lowest BCUT2D eigenvalue weighted by Crippen LogP contribution is -2.24. The van der Waals surface area contributed by atoms with Crippen LogP contribution in [0.2, 0.25) is 5.02 Å². The average Bonchev–Trinajstić information content (AvgIpc) is 2.65. The van der Waals surface area contributed by atoms with Crippen LogP contribution in [-0.2, 0) is 6.42 Å². The summed E-state index contributed by atoms with van der Waals surface area (Å²) in [7, 11) is 4.56. The van der Waals surface area contributed by atoms with Crippen LogP contribution >= 0.6 is 11.6 Å². The monoisotopic (exact) mass is 363 g/mol. The molecular formula is C19H22ClNO4. The number of halogens is 1. The Bertz CT molecular complexity index is 691. The number of carbonyl (C=O) groups is 1. The number of benzene rings is 2. The van der Waals surface area contributed by atoms with Crippen LogP contribution in [0.3, 0.4) is 0 Å². The van der Waals surface area contributed by atoms with Gasteiger partial charge in [0.15, 0.2) is 11.5 Å². The molecule has 0 atom stereocenters. The SMILES string of the molecule is COc1cc(C(=O)NCCCc2ccc(Cl)cc2)cc(OC)c1OC. The van der Waals surface area contributed by atoms with Gasteiger partial charge in [0, 0.05) is 17.1 Å². The van der Waals surface area contributed by atoms with Crippen molar-refractivity contribution < 1.29 is 19.0 Å². The number of ether oxygens (including phenoxy) is 3. The van der Waals surface area contributed by atoms with Crippen molar-refractivity contribution in [3.05, 3.63) is 52.5 Å². The molecule has 0 saturated heterocycles. The van der Waals surface area contributed by atoms with Crippen molar-refractivity contribution in [3.63, 3.8) is 0 Å². The van der Waals surface area contributed by atoms with Gasteiger partial charge in [-0.15, -0.1) is 0 Å². The van der Waals surface area contributed by atoms with E-state index < -0.39 is 0 Å². The number of amides is 1. The molecule has 134 valence electrons. The van der Waals surface area contributed by atoms with Crippen LogP contribution in [-0.4, -0.2) is 33.8 Å². The molecular weight excluding hydrogens is 342 g/mol. The lowest BCUT2D eigenvalue weighted by Gasteiger charge is -2.14. The fraction of sp³-hybridized carbons (Fsp3) is 0.316. The third-order valence-corrected chi connectivity index (χ3v) is 4.02. The number of hydrogen-bond acceptors (Lipinski definition) is 4. The second-order valence-corrected chi connectivity index (χ2v) is 5.84. The van der Waals surface area contributed by atoms with Crippen LogP contribution < -0.4 is 19.5 Å². The number of carbonyl (C=O) groups excluding carboxylic acids is 1. The highest BCUT2D eigenvalue weighted by Gasteiger charge is 2.16. The number of aryl methyl sites for hydroxylation is 1. The molecule has 1 amide bonds. The van der Waals surface area contributed by atoms with Crippen molar-refractivity contribution in [2.75, 3.05) is 27.9 Å². The molecule has 1 N–H and O–H groups in total.